The summed E-state index contributed by atoms with van der Waals surface area (Å²) in [6.45, 7) is 5.11. The Morgan fingerprint density at radius 1 is 1.18 bits per heavy atom. The van der Waals surface area contributed by atoms with Crippen LogP contribution in [-0.2, 0) is 25.6 Å². The molecule has 0 bridgehead atoms. The maximum atomic E-state index is 13.0. The predicted molar refractivity (Wildman–Crippen MR) is 101 cm³/mol. The van der Waals surface area contributed by atoms with Crippen molar-refractivity contribution >= 4 is 11.8 Å². The van der Waals surface area contributed by atoms with Crippen molar-refractivity contribution in [3.05, 3.63) is 40.9 Å². The average Bonchev–Trinajstić information content (AvgIpc) is 3.09. The van der Waals surface area contributed by atoms with Gasteiger partial charge in [0.05, 0.1) is 11.3 Å². The van der Waals surface area contributed by atoms with Crippen LogP contribution >= 0.6 is 0 Å². The highest BCUT2D eigenvalue weighted by Crippen LogP contribution is 2.33. The van der Waals surface area contributed by atoms with Crippen LogP contribution in [0.4, 0.5) is 19.0 Å². The molecule has 3 N–H and O–H groups in total. The number of alkyl halides is 3. The molecule has 0 atom stereocenters. The van der Waals surface area contributed by atoms with E-state index in [-0.39, 0.29) is 12.4 Å². The molecule has 0 spiro atoms. The Balaban J connectivity index is 1.85. The Morgan fingerprint density at radius 3 is 2.61 bits per heavy atom. The summed E-state index contributed by atoms with van der Waals surface area (Å²) in [5, 5.41) is 13.0. The Morgan fingerprint density at radius 2 is 1.96 bits per heavy atom. The Labute approximate surface area is 161 Å². The van der Waals surface area contributed by atoms with Gasteiger partial charge in [-0.05, 0) is 18.6 Å². The van der Waals surface area contributed by atoms with Gasteiger partial charge in [-0.1, -0.05) is 19.0 Å². The molecular weight excluding hydrogens is 373 g/mol. The van der Waals surface area contributed by atoms with E-state index in [1.54, 1.807) is 7.05 Å². The lowest BCUT2D eigenvalue weighted by molar-refractivity contribution is -0.137. The van der Waals surface area contributed by atoms with Gasteiger partial charge < -0.3 is 20.5 Å². The van der Waals surface area contributed by atoms with E-state index in [0.29, 0.717) is 19.0 Å². The first-order valence-corrected chi connectivity index (χ1v) is 9.07. The first kappa shape index (κ1) is 21.5. The van der Waals surface area contributed by atoms with Crippen LogP contribution in [0, 0.1) is 0 Å². The molecule has 0 aromatic carbocycles. The van der Waals surface area contributed by atoms with Crippen LogP contribution in [0.15, 0.2) is 27.8 Å². The number of aromatic nitrogens is 2. The fraction of sp³-hybridized carbons (Fsp3) is 0.500. The minimum Gasteiger partial charge on any atom is -0.368 e. The van der Waals surface area contributed by atoms with Crippen molar-refractivity contribution in [2.75, 3.05) is 25.5 Å². The molecule has 0 saturated heterocycles. The third-order valence-electron chi connectivity index (χ3n) is 4.09. The normalized spacial score (nSPS) is 12.1. The molecular formula is C18H25F3N6O. The number of halogens is 3. The number of nitrogens with zero attached hydrogens (tertiary/aromatic N) is 3. The van der Waals surface area contributed by atoms with Gasteiger partial charge >= 0.3 is 6.18 Å². The number of nitrogens with one attached hydrogen (secondary N) is 3. The van der Waals surface area contributed by atoms with Gasteiger partial charge in [-0.3, -0.25) is 4.99 Å². The zero-order valence-corrected chi connectivity index (χ0v) is 16.2. The molecule has 0 aliphatic carbocycles. The van der Waals surface area contributed by atoms with E-state index in [1.807, 2.05) is 13.8 Å². The highest BCUT2D eigenvalue weighted by Gasteiger charge is 2.33. The van der Waals surface area contributed by atoms with Crippen molar-refractivity contribution in [2.24, 2.45) is 4.99 Å². The van der Waals surface area contributed by atoms with Crippen molar-refractivity contribution in [3.63, 3.8) is 0 Å². The predicted octanol–water partition coefficient (Wildman–Crippen LogP) is 2.99. The highest BCUT2D eigenvalue weighted by atomic mass is 19.4. The average molecular weight is 398 g/mol. The molecule has 2 aromatic heterocycles. The molecule has 0 saturated carbocycles. The maximum absolute atomic E-state index is 13.0. The van der Waals surface area contributed by atoms with Gasteiger partial charge in [-0.25, -0.2) is 4.98 Å². The van der Waals surface area contributed by atoms with Gasteiger partial charge in [-0.2, -0.15) is 13.2 Å². The molecule has 0 unspecified atom stereocenters. The first-order valence-electron chi connectivity index (χ1n) is 9.07. The molecule has 0 aliphatic heterocycles. The van der Waals surface area contributed by atoms with Crippen LogP contribution in [0.2, 0.25) is 0 Å². The molecule has 0 radical (unpaired) electrons. The molecule has 0 fully saturated rings. The van der Waals surface area contributed by atoms with Crippen LogP contribution in [0.25, 0.3) is 0 Å². The van der Waals surface area contributed by atoms with Crippen molar-refractivity contribution in [1.29, 1.82) is 0 Å². The summed E-state index contributed by atoms with van der Waals surface area (Å²) in [5.74, 6) is 1.17. The molecule has 0 amide bonds. The zero-order valence-electron chi connectivity index (χ0n) is 16.2. The van der Waals surface area contributed by atoms with E-state index in [1.165, 1.54) is 12.3 Å². The standard InChI is InChI=1S/C18H25F3N6O/c1-4-14-12(15(5-2)28-27-14)11-26-17(22-3)25-10-9-24-16-13(18(19,20)21)7-6-8-23-16/h6-8H,4-5,9-11H2,1-3H3,(H,23,24)(H2,22,25,26). The molecule has 0 aliphatic rings. The van der Waals surface area contributed by atoms with Crippen molar-refractivity contribution in [3.8, 4) is 0 Å². The van der Waals surface area contributed by atoms with Crippen LogP contribution in [0.3, 0.4) is 0 Å². The fourth-order valence-corrected chi connectivity index (χ4v) is 2.67. The molecule has 10 heteroatoms. The largest absolute Gasteiger partial charge is 0.419 e. The molecule has 7 nitrogen and oxygen atoms in total. The van der Waals surface area contributed by atoms with Gasteiger partial charge in [-0.15, -0.1) is 0 Å². The van der Waals surface area contributed by atoms with Crippen LogP contribution < -0.4 is 16.0 Å². The number of hydrogen-bond acceptors (Lipinski definition) is 5. The van der Waals surface area contributed by atoms with Gasteiger partial charge in [0, 0.05) is 44.9 Å². The number of aryl methyl sites for hydroxylation is 2. The number of anilines is 1. The number of hydrogen-bond donors (Lipinski definition) is 3. The summed E-state index contributed by atoms with van der Waals surface area (Å²) in [7, 11) is 1.62. The Hall–Kier alpha value is -2.78. The number of aliphatic imine (C=N–C) groups is 1. The summed E-state index contributed by atoms with van der Waals surface area (Å²) in [5.41, 5.74) is 1.12. The zero-order chi connectivity index (χ0) is 20.6. The lowest BCUT2D eigenvalue weighted by atomic mass is 10.1. The lowest BCUT2D eigenvalue weighted by Gasteiger charge is -2.15. The van der Waals surface area contributed by atoms with Crippen LogP contribution in [-0.4, -0.2) is 36.2 Å². The number of pyridine rings is 1. The SMILES string of the molecule is CCc1noc(CC)c1CNC(=NC)NCCNc1ncccc1C(F)(F)F. The third-order valence-corrected chi connectivity index (χ3v) is 4.09. The summed E-state index contributed by atoms with van der Waals surface area (Å²) < 4.78 is 44.2. The third kappa shape index (κ3) is 5.61. The van der Waals surface area contributed by atoms with Crippen molar-refractivity contribution in [2.45, 2.75) is 39.4 Å². The first-order chi connectivity index (χ1) is 13.4. The van der Waals surface area contributed by atoms with Crippen LogP contribution in [0.5, 0.6) is 0 Å². The second kappa shape index (κ2) is 9.95. The molecule has 2 aromatic rings. The van der Waals surface area contributed by atoms with E-state index in [0.717, 1.165) is 35.9 Å². The van der Waals surface area contributed by atoms with E-state index < -0.39 is 11.7 Å². The maximum Gasteiger partial charge on any atom is 0.419 e. The van der Waals surface area contributed by atoms with E-state index >= 15 is 0 Å². The monoisotopic (exact) mass is 398 g/mol. The van der Waals surface area contributed by atoms with E-state index in [9.17, 15) is 13.2 Å². The van der Waals surface area contributed by atoms with Gasteiger partial charge in [0.1, 0.15) is 11.6 Å². The summed E-state index contributed by atoms with van der Waals surface area (Å²) in [6.07, 6.45) is -1.62. The highest BCUT2D eigenvalue weighted by molar-refractivity contribution is 5.79. The van der Waals surface area contributed by atoms with Gasteiger partial charge in [0.15, 0.2) is 5.96 Å². The molecule has 2 rings (SSSR count). The van der Waals surface area contributed by atoms with Crippen molar-refractivity contribution in [1.82, 2.24) is 20.8 Å². The van der Waals surface area contributed by atoms with Crippen molar-refractivity contribution < 1.29 is 17.7 Å². The molecule has 28 heavy (non-hydrogen) atoms. The second-order valence-corrected chi connectivity index (χ2v) is 5.91. The molecule has 2 heterocycles. The molecule has 154 valence electrons. The quantitative estimate of drug-likeness (QED) is 0.360. The topological polar surface area (TPSA) is 87.4 Å². The van der Waals surface area contributed by atoms with Crippen LogP contribution in [0.1, 0.15) is 36.4 Å². The number of guanidine groups is 1. The minimum absolute atomic E-state index is 0.190. The van der Waals surface area contributed by atoms with E-state index in [4.69, 9.17) is 4.52 Å². The summed E-state index contributed by atoms with van der Waals surface area (Å²) >= 11 is 0. The fourth-order valence-electron chi connectivity index (χ4n) is 2.67. The summed E-state index contributed by atoms with van der Waals surface area (Å²) in [4.78, 5) is 7.89. The minimum atomic E-state index is -4.45. The lowest BCUT2D eigenvalue weighted by Crippen LogP contribution is -2.39. The van der Waals surface area contributed by atoms with E-state index in [2.05, 4.69) is 31.1 Å². The second-order valence-electron chi connectivity index (χ2n) is 5.91. The Bertz CT molecular complexity index is 766. The smallest absolute Gasteiger partial charge is 0.368 e. The van der Waals surface area contributed by atoms with Gasteiger partial charge in [0.25, 0.3) is 0 Å². The van der Waals surface area contributed by atoms with Gasteiger partial charge in [0.2, 0.25) is 0 Å². The number of rotatable bonds is 8. The Kier molecular flexibility index (Phi) is 7.65. The summed E-state index contributed by atoms with van der Waals surface area (Å²) in [6, 6.07) is 2.26.